The van der Waals surface area contributed by atoms with Crippen LogP contribution < -0.4 is 9.47 Å². The lowest BCUT2D eigenvalue weighted by atomic mass is 10.1. The van der Waals surface area contributed by atoms with Gasteiger partial charge in [0.2, 0.25) is 0 Å². The Kier molecular flexibility index (Phi) is 11.6. The van der Waals surface area contributed by atoms with E-state index in [4.69, 9.17) is 27.8 Å². The van der Waals surface area contributed by atoms with Crippen LogP contribution in [0.5, 0.6) is 11.5 Å². The highest BCUT2D eigenvalue weighted by atomic mass is 16.6. The summed E-state index contributed by atoms with van der Waals surface area (Å²) in [4.78, 5) is 11.7. The predicted octanol–water partition coefficient (Wildman–Crippen LogP) is 9.62. The van der Waals surface area contributed by atoms with E-state index >= 15 is 0 Å². The lowest BCUT2D eigenvalue weighted by molar-refractivity contribution is -0.139. The molecule has 0 radical (unpaired) electrons. The predicted molar refractivity (Wildman–Crippen MR) is 199 cm³/mol. The molecule has 2 heterocycles. The van der Waals surface area contributed by atoms with Gasteiger partial charge in [0.05, 0.1) is 19.3 Å². The number of carbonyl (C=O) groups excluding carboxylic acids is 1. The number of hydrogen-bond donors (Lipinski definition) is 1. The number of esters is 1. The maximum atomic E-state index is 11.7. The fourth-order valence-corrected chi connectivity index (χ4v) is 5.66. The van der Waals surface area contributed by atoms with E-state index in [-0.39, 0.29) is 26.4 Å². The summed E-state index contributed by atoms with van der Waals surface area (Å²) in [6.07, 6.45) is 0.915. The Morgan fingerprint density at radius 2 is 1.22 bits per heavy atom. The third kappa shape index (κ3) is 9.48. The van der Waals surface area contributed by atoms with Gasteiger partial charge in [-0.15, -0.1) is 0 Å². The van der Waals surface area contributed by atoms with Crippen molar-refractivity contribution in [1.29, 1.82) is 0 Å². The summed E-state index contributed by atoms with van der Waals surface area (Å²) in [6.45, 7) is 9.78. The van der Waals surface area contributed by atoms with Crippen molar-refractivity contribution < 1.29 is 37.7 Å². The molecular weight excluding hydrogens is 644 g/mol. The Labute approximate surface area is 298 Å². The van der Waals surface area contributed by atoms with Gasteiger partial charge < -0.3 is 32.9 Å². The summed E-state index contributed by atoms with van der Waals surface area (Å²) in [7, 11) is 0. The summed E-state index contributed by atoms with van der Waals surface area (Å²) in [5.74, 6) is 2.42. The van der Waals surface area contributed by atoms with Gasteiger partial charge in [0.1, 0.15) is 53.5 Å². The van der Waals surface area contributed by atoms with Crippen LogP contribution in [0, 0.1) is 13.8 Å². The topological polar surface area (TPSA) is 101 Å². The van der Waals surface area contributed by atoms with Crippen molar-refractivity contribution in [3.63, 3.8) is 0 Å². The molecule has 0 spiro atoms. The summed E-state index contributed by atoms with van der Waals surface area (Å²) in [6, 6.07) is 32.0. The molecule has 1 N–H and O–H groups in total. The largest absolute Gasteiger partial charge is 0.491 e. The Morgan fingerprint density at radius 3 is 1.69 bits per heavy atom. The number of rotatable bonds is 17. The van der Waals surface area contributed by atoms with Crippen LogP contribution >= 0.6 is 0 Å². The molecule has 0 bridgehead atoms. The monoisotopic (exact) mass is 688 g/mol. The number of ether oxygens (including phenoxy) is 4. The Bertz CT molecular complexity index is 1940. The van der Waals surface area contributed by atoms with Crippen LogP contribution in [0.2, 0.25) is 0 Å². The van der Waals surface area contributed by atoms with Gasteiger partial charge >= 0.3 is 5.97 Å². The molecule has 0 amide bonds. The van der Waals surface area contributed by atoms with Gasteiger partial charge in [-0.1, -0.05) is 66.2 Å². The fraction of sp³-hybridized carbons (Fsp3) is 0.279. The first-order valence-electron chi connectivity index (χ1n) is 17.3. The number of aliphatic hydroxyl groups is 1. The first-order chi connectivity index (χ1) is 24.7. The standard InChI is InChI=1S/C43H44O8/c1-28(2)43(45)46-20-6-5-7-37(25-44)49-38(26-47-35-18-16-33-21-39(50-41(33)23-35)31-12-8-29(3)9-13-31)27-48-36-19-17-34-22-40(51-42(34)24-36)32-14-10-30(4)11-15-32/h8-19,21-24,37-38,44H,1,5-7,20,25-27H2,2-4H3. The lowest BCUT2D eigenvalue weighted by Crippen LogP contribution is -2.34. The van der Waals surface area contributed by atoms with E-state index in [0.717, 1.165) is 33.4 Å². The van der Waals surface area contributed by atoms with Crippen LogP contribution in [-0.4, -0.2) is 49.7 Å². The molecule has 2 aromatic heterocycles. The highest BCUT2D eigenvalue weighted by molar-refractivity contribution is 5.87. The molecule has 0 aliphatic carbocycles. The van der Waals surface area contributed by atoms with Gasteiger partial charge in [0, 0.05) is 39.6 Å². The molecule has 4 aromatic carbocycles. The molecule has 8 nitrogen and oxygen atoms in total. The number of carbonyl (C=O) groups is 1. The minimum absolute atomic E-state index is 0.171. The van der Waals surface area contributed by atoms with Crippen molar-refractivity contribution in [2.75, 3.05) is 26.4 Å². The van der Waals surface area contributed by atoms with E-state index in [1.807, 2.05) is 72.8 Å². The minimum atomic E-state index is -0.519. The quantitative estimate of drug-likeness (QED) is 0.0575. The molecule has 0 saturated carbocycles. The lowest BCUT2D eigenvalue weighted by Gasteiger charge is -2.24. The van der Waals surface area contributed by atoms with Crippen molar-refractivity contribution in [3.8, 4) is 34.1 Å². The summed E-state index contributed by atoms with van der Waals surface area (Å²) in [5, 5.41) is 12.1. The molecule has 6 aromatic rings. The van der Waals surface area contributed by atoms with Gasteiger partial charge in [-0.05, 0) is 76.4 Å². The average Bonchev–Trinajstić information content (AvgIpc) is 3.76. The second-order valence-electron chi connectivity index (χ2n) is 12.9. The molecule has 1 atom stereocenters. The van der Waals surface area contributed by atoms with Crippen LogP contribution in [0.25, 0.3) is 44.6 Å². The number of benzene rings is 4. The average molecular weight is 689 g/mol. The van der Waals surface area contributed by atoms with Gasteiger partial charge in [0.15, 0.2) is 0 Å². The SMILES string of the molecule is C=C(C)C(=O)OCCCCC(CO)OC(COc1ccc2cc(-c3ccc(C)cc3)oc2c1)COc1ccc2cc(-c3ccc(C)cc3)oc2c1. The summed E-state index contributed by atoms with van der Waals surface area (Å²) < 4.78 is 36.4. The Hall–Kier alpha value is -5.31. The molecule has 6 rings (SSSR count). The zero-order valence-corrected chi connectivity index (χ0v) is 29.4. The molecule has 0 saturated heterocycles. The van der Waals surface area contributed by atoms with E-state index in [1.165, 1.54) is 11.1 Å². The maximum Gasteiger partial charge on any atom is 0.333 e. The van der Waals surface area contributed by atoms with E-state index < -0.39 is 18.2 Å². The molecule has 51 heavy (non-hydrogen) atoms. The summed E-state index contributed by atoms with van der Waals surface area (Å²) >= 11 is 0. The van der Waals surface area contributed by atoms with Crippen molar-refractivity contribution in [1.82, 2.24) is 0 Å². The molecular formula is C43H44O8. The molecule has 0 fully saturated rings. The molecule has 0 aliphatic heterocycles. The Balaban J connectivity index is 1.12. The first kappa shape index (κ1) is 35.5. The van der Waals surface area contributed by atoms with Crippen molar-refractivity contribution in [2.24, 2.45) is 0 Å². The van der Waals surface area contributed by atoms with Gasteiger partial charge in [-0.3, -0.25) is 0 Å². The number of fused-ring (bicyclic) bond motifs is 2. The smallest absolute Gasteiger partial charge is 0.333 e. The zero-order chi connectivity index (χ0) is 35.7. The van der Waals surface area contributed by atoms with Gasteiger partial charge in [-0.2, -0.15) is 0 Å². The molecule has 0 aliphatic rings. The second kappa shape index (κ2) is 16.6. The summed E-state index contributed by atoms with van der Waals surface area (Å²) in [5.41, 5.74) is 6.19. The highest BCUT2D eigenvalue weighted by Crippen LogP contribution is 2.32. The number of furan rings is 2. The van der Waals surface area contributed by atoms with E-state index in [9.17, 15) is 9.90 Å². The van der Waals surface area contributed by atoms with Gasteiger partial charge in [0.25, 0.3) is 0 Å². The third-order valence-corrected chi connectivity index (χ3v) is 8.62. The maximum absolute atomic E-state index is 11.7. The van der Waals surface area contributed by atoms with Crippen LogP contribution in [0.3, 0.4) is 0 Å². The Morgan fingerprint density at radius 1 is 0.706 bits per heavy atom. The second-order valence-corrected chi connectivity index (χ2v) is 12.9. The first-order valence-corrected chi connectivity index (χ1v) is 17.3. The third-order valence-electron chi connectivity index (χ3n) is 8.62. The molecule has 1 unspecified atom stereocenters. The normalized spacial score (nSPS) is 12.0. The van der Waals surface area contributed by atoms with Crippen LogP contribution in [0.4, 0.5) is 0 Å². The number of aryl methyl sites for hydroxylation is 2. The zero-order valence-electron chi connectivity index (χ0n) is 29.4. The number of hydrogen-bond acceptors (Lipinski definition) is 8. The van der Waals surface area contributed by atoms with E-state index in [2.05, 4.69) is 44.7 Å². The molecule has 8 heteroatoms. The van der Waals surface area contributed by atoms with Gasteiger partial charge in [-0.25, -0.2) is 4.79 Å². The number of unbranched alkanes of at least 4 members (excludes halogenated alkanes) is 1. The van der Waals surface area contributed by atoms with Crippen molar-refractivity contribution in [3.05, 3.63) is 120 Å². The van der Waals surface area contributed by atoms with Crippen LogP contribution in [0.15, 0.2) is 118 Å². The molecule has 264 valence electrons. The minimum Gasteiger partial charge on any atom is -0.491 e. The van der Waals surface area contributed by atoms with E-state index in [1.54, 1.807) is 6.92 Å². The highest BCUT2D eigenvalue weighted by Gasteiger charge is 2.20. The van der Waals surface area contributed by atoms with Crippen LogP contribution in [0.1, 0.15) is 37.3 Å². The van der Waals surface area contributed by atoms with Crippen molar-refractivity contribution >= 4 is 27.9 Å². The number of aliphatic hydroxyl groups excluding tert-OH is 1. The van der Waals surface area contributed by atoms with Crippen LogP contribution in [-0.2, 0) is 14.3 Å². The fourth-order valence-electron chi connectivity index (χ4n) is 5.66. The van der Waals surface area contributed by atoms with Crippen molar-refractivity contribution in [2.45, 2.75) is 52.2 Å². The van der Waals surface area contributed by atoms with E-state index in [0.29, 0.717) is 47.5 Å².